The van der Waals surface area contributed by atoms with Crippen LogP contribution in [0.1, 0.15) is 57.3 Å². The molecule has 1 rings (SSSR count). The fourth-order valence-electron chi connectivity index (χ4n) is 2.38. The summed E-state index contributed by atoms with van der Waals surface area (Å²) in [7, 11) is 0. The molecule has 1 unspecified atom stereocenters. The Bertz CT molecular complexity index is 525. The Morgan fingerprint density at radius 3 is 2.38 bits per heavy atom. The zero-order valence-electron chi connectivity index (χ0n) is 15.4. The molecule has 0 heterocycles. The Hall–Kier alpha value is -1.88. The molecule has 0 fully saturated rings. The van der Waals surface area contributed by atoms with Gasteiger partial charge in [0.15, 0.2) is 0 Å². The van der Waals surface area contributed by atoms with Crippen LogP contribution in [0.2, 0.25) is 0 Å². The number of rotatable bonds is 10. The third-order valence-corrected chi connectivity index (χ3v) is 3.89. The Balaban J connectivity index is 2.71. The fraction of sp³-hybridized carbons (Fsp3) is 0.579. The van der Waals surface area contributed by atoms with E-state index in [0.29, 0.717) is 17.3 Å². The molecular weight excluding hydrogens is 302 g/mol. The molecule has 1 aromatic carbocycles. The number of hydrogen-bond acceptors (Lipinski definition) is 3. The average Bonchev–Trinajstić information content (AvgIpc) is 2.59. The predicted molar refractivity (Wildman–Crippen MR) is 99.3 cm³/mol. The van der Waals surface area contributed by atoms with E-state index in [4.69, 9.17) is 0 Å². The van der Waals surface area contributed by atoms with Crippen molar-refractivity contribution in [3.05, 3.63) is 29.8 Å². The van der Waals surface area contributed by atoms with E-state index in [0.717, 1.165) is 32.4 Å². The van der Waals surface area contributed by atoms with E-state index in [2.05, 4.69) is 31.4 Å². The summed E-state index contributed by atoms with van der Waals surface area (Å²) in [4.78, 5) is 26.5. The SMILES string of the molecule is CCCN(CCC)C(=O)c1cccc(NC(=O)CNC(C)CC)c1. The minimum atomic E-state index is -0.0983. The van der Waals surface area contributed by atoms with E-state index in [1.807, 2.05) is 17.9 Å². The van der Waals surface area contributed by atoms with Crippen LogP contribution in [0.15, 0.2) is 24.3 Å². The molecule has 0 radical (unpaired) electrons. The molecule has 0 aliphatic rings. The predicted octanol–water partition coefficient (Wildman–Crippen LogP) is 3.28. The monoisotopic (exact) mass is 333 g/mol. The van der Waals surface area contributed by atoms with Crippen molar-refractivity contribution >= 4 is 17.5 Å². The number of amides is 2. The van der Waals surface area contributed by atoms with Gasteiger partial charge >= 0.3 is 0 Å². The topological polar surface area (TPSA) is 61.4 Å². The van der Waals surface area contributed by atoms with Crippen molar-refractivity contribution < 1.29 is 9.59 Å². The Morgan fingerprint density at radius 1 is 1.12 bits per heavy atom. The van der Waals surface area contributed by atoms with Crippen molar-refractivity contribution in [1.29, 1.82) is 0 Å². The molecule has 2 N–H and O–H groups in total. The fourth-order valence-corrected chi connectivity index (χ4v) is 2.38. The van der Waals surface area contributed by atoms with Crippen molar-refractivity contribution in [3.63, 3.8) is 0 Å². The summed E-state index contributed by atoms with van der Waals surface area (Å²) < 4.78 is 0. The van der Waals surface area contributed by atoms with Crippen LogP contribution in [0.3, 0.4) is 0 Å². The maximum Gasteiger partial charge on any atom is 0.253 e. The van der Waals surface area contributed by atoms with Crippen LogP contribution in [0.5, 0.6) is 0 Å². The number of carbonyl (C=O) groups is 2. The molecule has 0 aliphatic heterocycles. The summed E-state index contributed by atoms with van der Waals surface area (Å²) in [6.45, 7) is 10.0. The smallest absolute Gasteiger partial charge is 0.253 e. The van der Waals surface area contributed by atoms with Crippen molar-refractivity contribution in [3.8, 4) is 0 Å². The molecule has 1 aromatic rings. The lowest BCUT2D eigenvalue weighted by molar-refractivity contribution is -0.115. The quantitative estimate of drug-likeness (QED) is 0.691. The second kappa shape index (κ2) is 10.8. The first-order valence-electron chi connectivity index (χ1n) is 8.94. The molecule has 5 nitrogen and oxygen atoms in total. The van der Waals surface area contributed by atoms with Gasteiger partial charge in [0.05, 0.1) is 6.54 Å². The van der Waals surface area contributed by atoms with Gasteiger partial charge in [0, 0.05) is 30.4 Å². The molecule has 24 heavy (non-hydrogen) atoms. The molecule has 1 atom stereocenters. The van der Waals surface area contributed by atoms with Crippen LogP contribution in [-0.4, -0.2) is 42.4 Å². The summed E-state index contributed by atoms with van der Waals surface area (Å²) in [5.74, 6) is -0.0774. The lowest BCUT2D eigenvalue weighted by Gasteiger charge is -2.21. The first kappa shape index (κ1) is 20.2. The van der Waals surface area contributed by atoms with Crippen LogP contribution >= 0.6 is 0 Å². The van der Waals surface area contributed by atoms with Crippen LogP contribution in [0.4, 0.5) is 5.69 Å². The summed E-state index contributed by atoms with van der Waals surface area (Å²) >= 11 is 0. The van der Waals surface area contributed by atoms with Crippen molar-refractivity contribution in [2.75, 3.05) is 25.0 Å². The maximum atomic E-state index is 12.6. The average molecular weight is 333 g/mol. The summed E-state index contributed by atoms with van der Waals surface area (Å²) in [5.41, 5.74) is 1.27. The van der Waals surface area contributed by atoms with E-state index >= 15 is 0 Å². The van der Waals surface area contributed by atoms with Gasteiger partial charge in [-0.05, 0) is 44.4 Å². The number of nitrogens with zero attached hydrogens (tertiary/aromatic N) is 1. The molecule has 0 aliphatic carbocycles. The van der Waals surface area contributed by atoms with Gasteiger partial charge in [-0.2, -0.15) is 0 Å². The standard InChI is InChI=1S/C19H31N3O2/c1-5-11-22(12-6-2)19(24)16-9-8-10-17(13-16)21-18(23)14-20-15(4)7-3/h8-10,13,15,20H,5-7,11-12,14H2,1-4H3,(H,21,23). The van der Waals surface area contributed by atoms with Crippen LogP contribution in [0, 0.1) is 0 Å². The molecule has 0 saturated carbocycles. The number of nitrogens with one attached hydrogen (secondary N) is 2. The van der Waals surface area contributed by atoms with Gasteiger partial charge in [0.1, 0.15) is 0 Å². The number of carbonyl (C=O) groups excluding carboxylic acids is 2. The van der Waals surface area contributed by atoms with Gasteiger partial charge in [-0.1, -0.05) is 26.8 Å². The molecule has 0 bridgehead atoms. The van der Waals surface area contributed by atoms with Gasteiger partial charge in [0.25, 0.3) is 5.91 Å². The minimum absolute atomic E-state index is 0.0209. The molecule has 0 spiro atoms. The van der Waals surface area contributed by atoms with Crippen LogP contribution in [-0.2, 0) is 4.79 Å². The highest BCUT2D eigenvalue weighted by molar-refractivity contribution is 5.97. The zero-order chi connectivity index (χ0) is 17.9. The molecule has 0 aromatic heterocycles. The van der Waals surface area contributed by atoms with Crippen molar-refractivity contribution in [2.24, 2.45) is 0 Å². The highest BCUT2D eigenvalue weighted by Crippen LogP contribution is 2.13. The van der Waals surface area contributed by atoms with E-state index in [-0.39, 0.29) is 18.4 Å². The number of anilines is 1. The zero-order valence-corrected chi connectivity index (χ0v) is 15.4. The van der Waals surface area contributed by atoms with E-state index in [1.165, 1.54) is 0 Å². The highest BCUT2D eigenvalue weighted by atomic mass is 16.2. The Morgan fingerprint density at radius 2 is 1.79 bits per heavy atom. The first-order chi connectivity index (χ1) is 11.5. The minimum Gasteiger partial charge on any atom is -0.339 e. The van der Waals surface area contributed by atoms with Gasteiger partial charge in [0.2, 0.25) is 5.91 Å². The number of benzene rings is 1. The van der Waals surface area contributed by atoms with E-state index < -0.39 is 0 Å². The van der Waals surface area contributed by atoms with Crippen LogP contribution < -0.4 is 10.6 Å². The maximum absolute atomic E-state index is 12.6. The second-order valence-corrected chi connectivity index (χ2v) is 6.11. The summed E-state index contributed by atoms with van der Waals surface area (Å²) in [6.07, 6.45) is 2.84. The van der Waals surface area contributed by atoms with E-state index in [1.54, 1.807) is 18.2 Å². The third-order valence-electron chi connectivity index (χ3n) is 3.89. The second-order valence-electron chi connectivity index (χ2n) is 6.11. The molecule has 5 heteroatoms. The normalized spacial score (nSPS) is 11.8. The van der Waals surface area contributed by atoms with Crippen molar-refractivity contribution in [2.45, 2.75) is 53.0 Å². The van der Waals surface area contributed by atoms with Gasteiger partial charge in [-0.25, -0.2) is 0 Å². The Labute approximate surface area is 145 Å². The molecule has 0 saturated heterocycles. The van der Waals surface area contributed by atoms with Gasteiger partial charge in [-0.3, -0.25) is 9.59 Å². The lowest BCUT2D eigenvalue weighted by Crippen LogP contribution is -2.34. The number of hydrogen-bond donors (Lipinski definition) is 2. The Kier molecular flexibility index (Phi) is 9.08. The molecular formula is C19H31N3O2. The summed E-state index contributed by atoms with van der Waals surface area (Å²) in [5, 5.41) is 6.00. The van der Waals surface area contributed by atoms with Gasteiger partial charge < -0.3 is 15.5 Å². The summed E-state index contributed by atoms with van der Waals surface area (Å²) in [6, 6.07) is 7.47. The van der Waals surface area contributed by atoms with Crippen LogP contribution in [0.25, 0.3) is 0 Å². The lowest BCUT2D eigenvalue weighted by atomic mass is 10.1. The molecule has 134 valence electrons. The largest absolute Gasteiger partial charge is 0.339 e. The molecule has 2 amide bonds. The van der Waals surface area contributed by atoms with E-state index in [9.17, 15) is 9.59 Å². The first-order valence-corrected chi connectivity index (χ1v) is 8.94. The highest BCUT2D eigenvalue weighted by Gasteiger charge is 2.15. The third kappa shape index (κ3) is 6.71. The van der Waals surface area contributed by atoms with Gasteiger partial charge in [-0.15, -0.1) is 0 Å². The van der Waals surface area contributed by atoms with Crippen molar-refractivity contribution in [1.82, 2.24) is 10.2 Å².